The summed E-state index contributed by atoms with van der Waals surface area (Å²) in [7, 11) is 0. The summed E-state index contributed by atoms with van der Waals surface area (Å²) in [5.41, 5.74) is 2.63. The first-order valence-electron chi connectivity index (χ1n) is 7.34. The molecular formula is C19H15NO3. The first kappa shape index (κ1) is 15.0. The Morgan fingerprint density at radius 1 is 0.913 bits per heavy atom. The standard InChI is InChI=1S/C19H15NO3/c21-12-4-3-5-14-8-10-15(11-9-14)13-20-18(22)16-6-1-2-7-17(16)19(20)23/h1-2,6-11,21H,4,12-13H2. The summed E-state index contributed by atoms with van der Waals surface area (Å²) in [6.45, 7) is 0.293. The number of carbonyl (C=O) groups excluding carboxylic acids is 2. The van der Waals surface area contributed by atoms with Crippen LogP contribution in [0.4, 0.5) is 0 Å². The lowest BCUT2D eigenvalue weighted by Gasteiger charge is -2.13. The molecule has 4 heteroatoms. The molecule has 0 fully saturated rings. The minimum absolute atomic E-state index is 0.0465. The Balaban J connectivity index is 1.75. The van der Waals surface area contributed by atoms with Crippen LogP contribution in [0.5, 0.6) is 0 Å². The van der Waals surface area contributed by atoms with E-state index in [9.17, 15) is 9.59 Å². The van der Waals surface area contributed by atoms with Crippen molar-refractivity contribution in [2.75, 3.05) is 6.61 Å². The molecule has 3 rings (SSSR count). The van der Waals surface area contributed by atoms with Crippen LogP contribution in [0, 0.1) is 11.8 Å². The van der Waals surface area contributed by atoms with Crippen LogP contribution in [0.3, 0.4) is 0 Å². The van der Waals surface area contributed by atoms with Crippen LogP contribution in [-0.4, -0.2) is 28.4 Å². The van der Waals surface area contributed by atoms with Crippen LogP contribution in [0.1, 0.15) is 38.3 Å². The van der Waals surface area contributed by atoms with Crippen molar-refractivity contribution in [1.29, 1.82) is 0 Å². The van der Waals surface area contributed by atoms with E-state index in [1.165, 1.54) is 4.90 Å². The molecule has 0 radical (unpaired) electrons. The minimum Gasteiger partial charge on any atom is -0.395 e. The van der Waals surface area contributed by atoms with E-state index in [-0.39, 0.29) is 25.0 Å². The molecule has 0 atom stereocenters. The second-order valence-corrected chi connectivity index (χ2v) is 5.21. The Morgan fingerprint density at radius 2 is 1.52 bits per heavy atom. The third-order valence-electron chi connectivity index (χ3n) is 3.64. The number of fused-ring (bicyclic) bond motifs is 1. The number of imide groups is 1. The summed E-state index contributed by atoms with van der Waals surface area (Å²) in [4.78, 5) is 25.9. The molecule has 0 spiro atoms. The fourth-order valence-electron chi connectivity index (χ4n) is 2.48. The Labute approximate surface area is 134 Å². The van der Waals surface area contributed by atoms with Gasteiger partial charge in [0.2, 0.25) is 0 Å². The molecular weight excluding hydrogens is 290 g/mol. The second-order valence-electron chi connectivity index (χ2n) is 5.21. The smallest absolute Gasteiger partial charge is 0.261 e. The van der Waals surface area contributed by atoms with E-state index < -0.39 is 0 Å². The number of nitrogens with zero attached hydrogens (tertiary/aromatic N) is 1. The highest BCUT2D eigenvalue weighted by Gasteiger charge is 2.34. The lowest BCUT2D eigenvalue weighted by molar-refractivity contribution is 0.0642. The van der Waals surface area contributed by atoms with E-state index in [0.29, 0.717) is 17.5 Å². The van der Waals surface area contributed by atoms with Crippen molar-refractivity contribution in [3.63, 3.8) is 0 Å². The van der Waals surface area contributed by atoms with Crippen LogP contribution < -0.4 is 0 Å². The van der Waals surface area contributed by atoms with Gasteiger partial charge in [0.15, 0.2) is 0 Å². The highest BCUT2D eigenvalue weighted by Crippen LogP contribution is 2.24. The van der Waals surface area contributed by atoms with E-state index in [0.717, 1.165) is 11.1 Å². The van der Waals surface area contributed by atoms with Gasteiger partial charge in [0.1, 0.15) is 0 Å². The molecule has 1 aliphatic rings. The molecule has 1 aliphatic heterocycles. The molecule has 1 heterocycles. The lowest BCUT2D eigenvalue weighted by Crippen LogP contribution is -2.29. The topological polar surface area (TPSA) is 57.6 Å². The zero-order chi connectivity index (χ0) is 16.2. The Kier molecular flexibility index (Phi) is 4.22. The SMILES string of the molecule is O=C1c2ccccc2C(=O)N1Cc1ccc(C#CCCO)cc1. The summed E-state index contributed by atoms with van der Waals surface area (Å²) in [6.07, 6.45) is 0.441. The van der Waals surface area contributed by atoms with Gasteiger partial charge in [0.05, 0.1) is 24.3 Å². The van der Waals surface area contributed by atoms with E-state index in [2.05, 4.69) is 11.8 Å². The van der Waals surface area contributed by atoms with Gasteiger partial charge < -0.3 is 5.11 Å². The monoisotopic (exact) mass is 305 g/mol. The van der Waals surface area contributed by atoms with Gasteiger partial charge in [-0.05, 0) is 29.8 Å². The number of amides is 2. The first-order valence-corrected chi connectivity index (χ1v) is 7.34. The van der Waals surface area contributed by atoms with Crippen LogP contribution in [0.25, 0.3) is 0 Å². The maximum Gasteiger partial charge on any atom is 0.261 e. The number of benzene rings is 2. The van der Waals surface area contributed by atoms with Crippen molar-refractivity contribution in [2.45, 2.75) is 13.0 Å². The Morgan fingerprint density at radius 3 is 2.09 bits per heavy atom. The molecule has 0 saturated carbocycles. The van der Waals surface area contributed by atoms with Crippen molar-refractivity contribution in [3.8, 4) is 11.8 Å². The van der Waals surface area contributed by atoms with Gasteiger partial charge in [0.25, 0.3) is 11.8 Å². The zero-order valence-corrected chi connectivity index (χ0v) is 12.5. The van der Waals surface area contributed by atoms with Crippen molar-refractivity contribution >= 4 is 11.8 Å². The van der Waals surface area contributed by atoms with Gasteiger partial charge in [-0.2, -0.15) is 0 Å². The number of hydrogen-bond acceptors (Lipinski definition) is 3. The maximum atomic E-state index is 12.3. The summed E-state index contributed by atoms with van der Waals surface area (Å²) >= 11 is 0. The van der Waals surface area contributed by atoms with Crippen LogP contribution in [0.15, 0.2) is 48.5 Å². The number of hydrogen-bond donors (Lipinski definition) is 1. The van der Waals surface area contributed by atoms with E-state index in [4.69, 9.17) is 5.11 Å². The minimum atomic E-state index is -0.252. The summed E-state index contributed by atoms with van der Waals surface area (Å²) in [5.74, 6) is 5.29. The molecule has 0 aromatic heterocycles. The van der Waals surface area contributed by atoms with Gasteiger partial charge in [-0.3, -0.25) is 14.5 Å². The van der Waals surface area contributed by atoms with Gasteiger partial charge in [-0.25, -0.2) is 0 Å². The van der Waals surface area contributed by atoms with Crippen molar-refractivity contribution in [1.82, 2.24) is 4.90 Å². The lowest BCUT2D eigenvalue weighted by atomic mass is 10.1. The normalized spacial score (nSPS) is 12.8. The summed E-state index contributed by atoms with van der Waals surface area (Å²) in [6, 6.07) is 14.3. The average Bonchev–Trinajstić information content (AvgIpc) is 2.82. The van der Waals surface area contributed by atoms with Crippen LogP contribution in [-0.2, 0) is 6.54 Å². The van der Waals surface area contributed by atoms with Crippen molar-refractivity contribution in [2.24, 2.45) is 0 Å². The fourth-order valence-corrected chi connectivity index (χ4v) is 2.48. The summed E-state index contributed by atoms with van der Waals surface area (Å²) < 4.78 is 0. The molecule has 0 saturated heterocycles. The number of rotatable bonds is 3. The van der Waals surface area contributed by atoms with Gasteiger partial charge in [0, 0.05) is 12.0 Å². The fraction of sp³-hybridized carbons (Fsp3) is 0.158. The number of aliphatic hydroxyl groups excluding tert-OH is 1. The predicted octanol–water partition coefficient (Wildman–Crippen LogP) is 2.22. The molecule has 0 bridgehead atoms. The van der Waals surface area contributed by atoms with Crippen LogP contribution >= 0.6 is 0 Å². The molecule has 23 heavy (non-hydrogen) atoms. The molecule has 0 unspecified atom stereocenters. The highest BCUT2D eigenvalue weighted by molar-refractivity contribution is 6.21. The predicted molar refractivity (Wildman–Crippen MR) is 85.7 cm³/mol. The third-order valence-corrected chi connectivity index (χ3v) is 3.64. The Hall–Kier alpha value is -2.90. The molecule has 4 nitrogen and oxygen atoms in total. The first-order chi connectivity index (χ1) is 11.2. The number of carbonyl (C=O) groups is 2. The highest BCUT2D eigenvalue weighted by atomic mass is 16.2. The third kappa shape index (κ3) is 3.01. The quantitative estimate of drug-likeness (QED) is 0.699. The van der Waals surface area contributed by atoms with E-state index in [1.54, 1.807) is 24.3 Å². The summed E-state index contributed by atoms with van der Waals surface area (Å²) in [5, 5.41) is 8.70. The zero-order valence-electron chi connectivity index (χ0n) is 12.5. The maximum absolute atomic E-state index is 12.3. The largest absolute Gasteiger partial charge is 0.395 e. The second kappa shape index (κ2) is 6.47. The molecule has 1 N–H and O–H groups in total. The molecule has 2 amide bonds. The Bertz CT molecular complexity index is 777. The van der Waals surface area contributed by atoms with Gasteiger partial charge in [-0.15, -0.1) is 0 Å². The van der Waals surface area contributed by atoms with Gasteiger partial charge in [-0.1, -0.05) is 36.1 Å². The van der Waals surface area contributed by atoms with Crippen LogP contribution in [0.2, 0.25) is 0 Å². The van der Waals surface area contributed by atoms with E-state index >= 15 is 0 Å². The van der Waals surface area contributed by atoms with Gasteiger partial charge >= 0.3 is 0 Å². The molecule has 2 aromatic rings. The molecule has 114 valence electrons. The van der Waals surface area contributed by atoms with Crippen molar-refractivity contribution < 1.29 is 14.7 Å². The van der Waals surface area contributed by atoms with Crippen molar-refractivity contribution in [3.05, 3.63) is 70.8 Å². The molecule has 0 aliphatic carbocycles. The molecule has 2 aromatic carbocycles. The van der Waals surface area contributed by atoms with E-state index in [1.807, 2.05) is 24.3 Å². The number of aliphatic hydroxyl groups is 1. The average molecular weight is 305 g/mol.